The van der Waals surface area contributed by atoms with Crippen LogP contribution in [0.2, 0.25) is 0 Å². The SMILES string of the molecule is CC1(C)C(=O)N(Cc2ccc(F)c(C(=O)O)c2)S1(=O)=O. The normalized spacial score (nSPS) is 19.6. The minimum Gasteiger partial charge on any atom is -0.478 e. The van der Waals surface area contributed by atoms with Crippen molar-refractivity contribution in [3.63, 3.8) is 0 Å². The van der Waals surface area contributed by atoms with Gasteiger partial charge in [-0.25, -0.2) is 21.9 Å². The monoisotopic (exact) mass is 301 g/mol. The van der Waals surface area contributed by atoms with Crippen molar-refractivity contribution in [2.75, 3.05) is 0 Å². The number of aromatic carboxylic acids is 1. The standard InChI is InChI=1S/C12H12FNO5S/c1-12(2)11(17)14(20(12,18)19)6-7-3-4-9(13)8(5-7)10(15)16/h3-5H,6H2,1-2H3,(H,15,16). The molecule has 0 atom stereocenters. The summed E-state index contributed by atoms with van der Waals surface area (Å²) in [6.45, 7) is 2.30. The summed E-state index contributed by atoms with van der Waals surface area (Å²) in [5, 5.41) is 8.79. The average molecular weight is 301 g/mol. The predicted molar refractivity (Wildman–Crippen MR) is 66.9 cm³/mol. The van der Waals surface area contributed by atoms with Gasteiger partial charge in [0, 0.05) is 0 Å². The number of carboxylic acids is 1. The van der Waals surface area contributed by atoms with Crippen LogP contribution >= 0.6 is 0 Å². The fourth-order valence-corrected chi connectivity index (χ4v) is 3.43. The molecule has 0 bridgehead atoms. The summed E-state index contributed by atoms with van der Waals surface area (Å²) < 4.78 is 36.2. The third-order valence-corrected chi connectivity index (χ3v) is 5.60. The van der Waals surface area contributed by atoms with Gasteiger partial charge in [0.05, 0.1) is 12.1 Å². The van der Waals surface area contributed by atoms with Crippen molar-refractivity contribution in [2.24, 2.45) is 0 Å². The lowest BCUT2D eigenvalue weighted by Gasteiger charge is -2.43. The smallest absolute Gasteiger partial charge is 0.338 e. The van der Waals surface area contributed by atoms with Crippen molar-refractivity contribution >= 4 is 21.9 Å². The summed E-state index contributed by atoms with van der Waals surface area (Å²) in [4.78, 5) is 22.5. The number of carbonyl (C=O) groups is 2. The largest absolute Gasteiger partial charge is 0.478 e. The molecule has 108 valence electrons. The predicted octanol–water partition coefficient (Wildman–Crippen LogP) is 0.975. The van der Waals surface area contributed by atoms with Crippen molar-refractivity contribution in [1.82, 2.24) is 4.31 Å². The summed E-state index contributed by atoms with van der Waals surface area (Å²) in [6, 6.07) is 3.20. The van der Waals surface area contributed by atoms with Gasteiger partial charge >= 0.3 is 5.97 Å². The molecule has 1 aliphatic heterocycles. The second-order valence-corrected chi connectivity index (χ2v) is 7.36. The van der Waals surface area contributed by atoms with Gasteiger partial charge in [0.25, 0.3) is 15.9 Å². The fourth-order valence-electron chi connectivity index (χ4n) is 1.91. The van der Waals surface area contributed by atoms with Gasteiger partial charge in [-0.05, 0) is 31.5 Å². The van der Waals surface area contributed by atoms with Gasteiger partial charge in [0.1, 0.15) is 5.82 Å². The van der Waals surface area contributed by atoms with E-state index in [1.807, 2.05) is 0 Å². The number of hydrogen-bond donors (Lipinski definition) is 1. The zero-order chi connectivity index (χ0) is 15.3. The number of benzene rings is 1. The molecule has 1 aromatic rings. The highest BCUT2D eigenvalue weighted by Gasteiger charge is 2.59. The Balaban J connectivity index is 2.31. The van der Waals surface area contributed by atoms with Gasteiger partial charge in [-0.1, -0.05) is 6.07 Å². The first kappa shape index (κ1) is 14.4. The molecular formula is C12H12FNO5S. The maximum Gasteiger partial charge on any atom is 0.338 e. The minimum absolute atomic E-state index is 0.233. The van der Waals surface area contributed by atoms with Crippen LogP contribution in [0.25, 0.3) is 0 Å². The van der Waals surface area contributed by atoms with E-state index in [4.69, 9.17) is 5.11 Å². The van der Waals surface area contributed by atoms with E-state index in [9.17, 15) is 22.4 Å². The first-order valence-electron chi connectivity index (χ1n) is 5.67. The number of amides is 1. The van der Waals surface area contributed by atoms with E-state index in [1.165, 1.54) is 19.9 Å². The third-order valence-electron chi connectivity index (χ3n) is 3.26. The van der Waals surface area contributed by atoms with E-state index >= 15 is 0 Å². The molecule has 2 rings (SSSR count). The molecule has 0 aromatic heterocycles. The summed E-state index contributed by atoms with van der Waals surface area (Å²) in [5.74, 6) is -2.94. The van der Waals surface area contributed by atoms with E-state index in [1.54, 1.807) is 0 Å². The lowest BCUT2D eigenvalue weighted by molar-refractivity contribution is -0.132. The molecule has 1 aromatic carbocycles. The molecule has 1 N–H and O–H groups in total. The minimum atomic E-state index is -3.75. The maximum atomic E-state index is 13.2. The van der Waals surface area contributed by atoms with E-state index in [0.29, 0.717) is 4.31 Å². The van der Waals surface area contributed by atoms with Crippen LogP contribution in [0.5, 0.6) is 0 Å². The van der Waals surface area contributed by atoms with Gasteiger partial charge in [0.2, 0.25) is 0 Å². The van der Waals surface area contributed by atoms with Crippen LogP contribution in [0.15, 0.2) is 18.2 Å². The van der Waals surface area contributed by atoms with Crippen molar-refractivity contribution in [1.29, 1.82) is 0 Å². The summed E-state index contributed by atoms with van der Waals surface area (Å²) in [7, 11) is -3.75. The number of sulfonamides is 1. The van der Waals surface area contributed by atoms with Crippen molar-refractivity contribution in [3.8, 4) is 0 Å². The molecule has 1 saturated heterocycles. The summed E-state index contributed by atoms with van der Waals surface area (Å²) >= 11 is 0. The van der Waals surface area contributed by atoms with Crippen LogP contribution in [0, 0.1) is 5.82 Å². The van der Waals surface area contributed by atoms with Crippen LogP contribution in [-0.2, 0) is 21.4 Å². The number of carbonyl (C=O) groups excluding carboxylic acids is 1. The topological polar surface area (TPSA) is 91.8 Å². The van der Waals surface area contributed by atoms with Gasteiger partial charge in [-0.3, -0.25) is 4.79 Å². The van der Waals surface area contributed by atoms with Crippen molar-refractivity contribution < 1.29 is 27.5 Å². The second-order valence-electron chi connectivity index (χ2n) is 4.95. The van der Waals surface area contributed by atoms with E-state index < -0.39 is 38.0 Å². The Bertz CT molecular complexity index is 711. The molecule has 8 heteroatoms. The quantitative estimate of drug-likeness (QED) is 0.898. The summed E-state index contributed by atoms with van der Waals surface area (Å²) in [6.07, 6.45) is 0. The van der Waals surface area contributed by atoms with E-state index in [0.717, 1.165) is 12.1 Å². The average Bonchev–Trinajstić information content (AvgIpc) is 2.36. The van der Waals surface area contributed by atoms with E-state index in [-0.39, 0.29) is 12.1 Å². The van der Waals surface area contributed by atoms with Crippen molar-refractivity contribution in [3.05, 3.63) is 35.1 Å². The molecule has 0 spiro atoms. The number of hydrogen-bond acceptors (Lipinski definition) is 4. The first-order chi connectivity index (χ1) is 9.09. The maximum absolute atomic E-state index is 13.2. The van der Waals surface area contributed by atoms with E-state index in [2.05, 4.69) is 0 Å². The number of nitrogens with zero attached hydrogens (tertiary/aromatic N) is 1. The highest BCUT2D eigenvalue weighted by molar-refractivity contribution is 7.94. The second kappa shape index (κ2) is 4.27. The third kappa shape index (κ3) is 1.87. The van der Waals surface area contributed by atoms with Crippen LogP contribution in [-0.4, -0.2) is 34.5 Å². The Hall–Kier alpha value is -1.96. The molecule has 0 radical (unpaired) electrons. The van der Waals surface area contributed by atoms with Crippen LogP contribution < -0.4 is 0 Å². The Morgan fingerprint density at radius 3 is 2.50 bits per heavy atom. The van der Waals surface area contributed by atoms with Gasteiger partial charge in [0.15, 0.2) is 4.75 Å². The van der Waals surface area contributed by atoms with Crippen LogP contribution in [0.4, 0.5) is 4.39 Å². The molecule has 6 nitrogen and oxygen atoms in total. The first-order valence-corrected chi connectivity index (χ1v) is 7.11. The highest BCUT2D eigenvalue weighted by Crippen LogP contribution is 2.36. The van der Waals surface area contributed by atoms with Gasteiger partial charge < -0.3 is 5.11 Å². The molecule has 1 fully saturated rings. The van der Waals surface area contributed by atoms with Crippen LogP contribution in [0.3, 0.4) is 0 Å². The fraction of sp³-hybridized carbons (Fsp3) is 0.333. The molecule has 0 aliphatic carbocycles. The molecule has 0 unspecified atom stereocenters. The molecule has 1 aliphatic rings. The Morgan fingerprint density at radius 2 is 2.00 bits per heavy atom. The van der Waals surface area contributed by atoms with Crippen molar-refractivity contribution in [2.45, 2.75) is 25.1 Å². The summed E-state index contributed by atoms with van der Waals surface area (Å²) in [5.41, 5.74) is -0.330. The lowest BCUT2D eigenvalue weighted by atomic mass is 10.1. The molecule has 1 amide bonds. The number of rotatable bonds is 3. The Kier molecular flexibility index (Phi) is 3.09. The highest BCUT2D eigenvalue weighted by atomic mass is 32.2. The zero-order valence-corrected chi connectivity index (χ0v) is 11.6. The number of carboxylic acid groups (broad SMARTS) is 1. The molecular weight excluding hydrogens is 289 g/mol. The molecule has 20 heavy (non-hydrogen) atoms. The Morgan fingerprint density at radius 1 is 1.40 bits per heavy atom. The number of halogens is 1. The van der Waals surface area contributed by atoms with Crippen LogP contribution in [0.1, 0.15) is 29.8 Å². The Labute approximate surface area is 114 Å². The van der Waals surface area contributed by atoms with Gasteiger partial charge in [-0.2, -0.15) is 0 Å². The lowest BCUT2D eigenvalue weighted by Crippen LogP contribution is -2.66. The van der Waals surface area contributed by atoms with Gasteiger partial charge in [-0.15, -0.1) is 0 Å². The molecule has 1 heterocycles. The zero-order valence-electron chi connectivity index (χ0n) is 10.8. The molecule has 0 saturated carbocycles.